The molecule has 1 nitrogen and oxygen atoms in total. The van der Waals surface area contributed by atoms with E-state index in [1.165, 1.54) is 16.5 Å². The first kappa shape index (κ1) is 12.2. The summed E-state index contributed by atoms with van der Waals surface area (Å²) in [6, 6.07) is 21.1. The molecule has 0 radical (unpaired) electrons. The van der Waals surface area contributed by atoms with Gasteiger partial charge in [0.1, 0.15) is 0 Å². The van der Waals surface area contributed by atoms with Crippen molar-refractivity contribution in [2.45, 2.75) is 11.5 Å². The quantitative estimate of drug-likeness (QED) is 0.680. The maximum atomic E-state index is 4.49. The molecule has 0 aliphatic heterocycles. The van der Waals surface area contributed by atoms with E-state index in [0.29, 0.717) is 0 Å². The van der Waals surface area contributed by atoms with Crippen LogP contribution in [0.25, 0.3) is 10.9 Å². The third-order valence-electron chi connectivity index (χ3n) is 3.09. The summed E-state index contributed by atoms with van der Waals surface area (Å²) in [6.07, 6.45) is 1.87. The summed E-state index contributed by atoms with van der Waals surface area (Å²) < 4.78 is 0. The lowest BCUT2D eigenvalue weighted by atomic mass is 10.1. The van der Waals surface area contributed by atoms with Crippen LogP contribution < -0.4 is 0 Å². The molecule has 0 aliphatic rings. The molecule has 0 fully saturated rings. The van der Waals surface area contributed by atoms with Gasteiger partial charge in [-0.05, 0) is 17.2 Å². The Balaban J connectivity index is 1.72. The van der Waals surface area contributed by atoms with E-state index in [9.17, 15) is 0 Å². The topological polar surface area (TPSA) is 12.9 Å². The van der Waals surface area contributed by atoms with Crippen molar-refractivity contribution >= 4 is 22.7 Å². The molecule has 2 heteroatoms. The molecule has 3 rings (SSSR count). The molecule has 1 aromatic heterocycles. The Hall–Kier alpha value is -1.80. The highest BCUT2D eigenvalue weighted by Crippen LogP contribution is 2.23. The van der Waals surface area contributed by atoms with Gasteiger partial charge in [-0.25, -0.2) is 0 Å². The maximum Gasteiger partial charge on any atom is 0.0742 e. The summed E-state index contributed by atoms with van der Waals surface area (Å²) in [6.45, 7) is 0. The van der Waals surface area contributed by atoms with Crippen LogP contribution in [0.1, 0.15) is 11.1 Å². The van der Waals surface area contributed by atoms with Gasteiger partial charge in [-0.3, -0.25) is 4.98 Å². The van der Waals surface area contributed by atoms with Crippen LogP contribution in [-0.4, -0.2) is 4.98 Å². The molecule has 0 saturated heterocycles. The summed E-state index contributed by atoms with van der Waals surface area (Å²) in [5.74, 6) is 2.05. The number of hydrogen-bond acceptors (Lipinski definition) is 2. The number of benzene rings is 2. The first-order valence-electron chi connectivity index (χ1n) is 6.38. The van der Waals surface area contributed by atoms with Crippen LogP contribution in [0.3, 0.4) is 0 Å². The Bertz CT molecular complexity index is 659. The van der Waals surface area contributed by atoms with Crippen molar-refractivity contribution in [2.75, 3.05) is 0 Å². The SMILES string of the molecule is c1ccc(CSCc2cccc3cccnc23)cc1. The molecule has 0 atom stereocenters. The van der Waals surface area contributed by atoms with Crippen LogP contribution in [-0.2, 0) is 11.5 Å². The van der Waals surface area contributed by atoms with Crippen molar-refractivity contribution in [3.05, 3.63) is 78.0 Å². The summed E-state index contributed by atoms with van der Waals surface area (Å²) in [5, 5.41) is 1.22. The first-order valence-corrected chi connectivity index (χ1v) is 7.53. The van der Waals surface area contributed by atoms with Gasteiger partial charge in [-0.15, -0.1) is 0 Å². The van der Waals surface area contributed by atoms with Crippen LogP contribution in [0, 0.1) is 0 Å². The van der Waals surface area contributed by atoms with E-state index in [1.807, 2.05) is 24.0 Å². The summed E-state index contributed by atoms with van der Waals surface area (Å²) >= 11 is 1.93. The van der Waals surface area contributed by atoms with Crippen molar-refractivity contribution < 1.29 is 0 Å². The molecule has 0 amide bonds. The minimum Gasteiger partial charge on any atom is -0.256 e. The Morgan fingerprint density at radius 3 is 2.53 bits per heavy atom. The third kappa shape index (κ3) is 2.96. The molecule has 0 bridgehead atoms. The molecule has 94 valence electrons. The molecule has 1 heterocycles. The molecule has 3 aromatic rings. The number of hydrogen-bond donors (Lipinski definition) is 0. The highest BCUT2D eigenvalue weighted by molar-refractivity contribution is 7.97. The van der Waals surface area contributed by atoms with E-state index in [4.69, 9.17) is 0 Å². The van der Waals surface area contributed by atoms with E-state index in [1.54, 1.807) is 0 Å². The van der Waals surface area contributed by atoms with E-state index >= 15 is 0 Å². The van der Waals surface area contributed by atoms with Crippen molar-refractivity contribution in [3.8, 4) is 0 Å². The Morgan fingerprint density at radius 1 is 0.789 bits per heavy atom. The number of para-hydroxylation sites is 1. The van der Waals surface area contributed by atoms with Crippen molar-refractivity contribution in [1.29, 1.82) is 0 Å². The molecule has 0 saturated carbocycles. The molecular formula is C17H15NS. The lowest BCUT2D eigenvalue weighted by molar-refractivity contribution is 1.33. The van der Waals surface area contributed by atoms with Gasteiger partial charge in [-0.2, -0.15) is 11.8 Å². The van der Waals surface area contributed by atoms with Gasteiger partial charge in [-0.1, -0.05) is 54.6 Å². The number of fused-ring (bicyclic) bond motifs is 1. The number of thioether (sulfide) groups is 1. The largest absolute Gasteiger partial charge is 0.256 e. The third-order valence-corrected chi connectivity index (χ3v) is 4.14. The van der Waals surface area contributed by atoms with Gasteiger partial charge in [0.05, 0.1) is 5.52 Å². The number of pyridine rings is 1. The van der Waals surface area contributed by atoms with Crippen LogP contribution in [0.15, 0.2) is 66.9 Å². The fraction of sp³-hybridized carbons (Fsp3) is 0.118. The summed E-state index contributed by atoms with van der Waals surface area (Å²) in [7, 11) is 0. The van der Waals surface area contributed by atoms with Crippen LogP contribution in [0.5, 0.6) is 0 Å². The second-order valence-corrected chi connectivity index (χ2v) is 5.46. The molecule has 0 aliphatic carbocycles. The van der Waals surface area contributed by atoms with Gasteiger partial charge in [0.2, 0.25) is 0 Å². The predicted octanol–water partition coefficient (Wildman–Crippen LogP) is 4.67. The Morgan fingerprint density at radius 2 is 1.63 bits per heavy atom. The monoisotopic (exact) mass is 265 g/mol. The second-order valence-electron chi connectivity index (χ2n) is 4.47. The van der Waals surface area contributed by atoms with Crippen molar-refractivity contribution in [2.24, 2.45) is 0 Å². The number of rotatable bonds is 4. The highest BCUT2D eigenvalue weighted by atomic mass is 32.2. The second kappa shape index (κ2) is 5.89. The Kier molecular flexibility index (Phi) is 3.80. The maximum absolute atomic E-state index is 4.49. The van der Waals surface area contributed by atoms with Crippen LogP contribution in [0.2, 0.25) is 0 Å². The zero-order chi connectivity index (χ0) is 12.9. The summed E-state index contributed by atoms with van der Waals surface area (Å²) in [5.41, 5.74) is 3.82. The summed E-state index contributed by atoms with van der Waals surface area (Å²) in [4.78, 5) is 4.49. The molecule has 0 unspecified atom stereocenters. The minimum absolute atomic E-state index is 1.00. The zero-order valence-corrected chi connectivity index (χ0v) is 11.4. The lowest BCUT2D eigenvalue weighted by Crippen LogP contribution is -1.87. The Labute approximate surface area is 117 Å². The molecule has 0 N–H and O–H groups in total. The van der Waals surface area contributed by atoms with Crippen LogP contribution >= 0.6 is 11.8 Å². The zero-order valence-electron chi connectivity index (χ0n) is 10.6. The smallest absolute Gasteiger partial charge is 0.0742 e. The van der Waals surface area contributed by atoms with Gasteiger partial charge < -0.3 is 0 Å². The van der Waals surface area contributed by atoms with Gasteiger partial charge >= 0.3 is 0 Å². The van der Waals surface area contributed by atoms with Crippen LogP contribution in [0.4, 0.5) is 0 Å². The number of nitrogens with zero attached hydrogens (tertiary/aromatic N) is 1. The fourth-order valence-corrected chi connectivity index (χ4v) is 3.12. The molecular weight excluding hydrogens is 250 g/mol. The van der Waals surface area contributed by atoms with E-state index < -0.39 is 0 Å². The first-order chi connectivity index (χ1) is 9.43. The standard InChI is InChI=1S/C17H15NS/c1-2-6-14(7-3-1)12-19-13-16-9-4-8-15-10-5-11-18-17(15)16/h1-11H,12-13H2. The van der Waals surface area contributed by atoms with E-state index in [2.05, 4.69) is 59.6 Å². The highest BCUT2D eigenvalue weighted by Gasteiger charge is 2.01. The number of aromatic nitrogens is 1. The predicted molar refractivity (Wildman–Crippen MR) is 83.2 cm³/mol. The van der Waals surface area contributed by atoms with E-state index in [-0.39, 0.29) is 0 Å². The van der Waals surface area contributed by atoms with Gasteiger partial charge in [0.25, 0.3) is 0 Å². The molecule has 0 spiro atoms. The van der Waals surface area contributed by atoms with Gasteiger partial charge in [0.15, 0.2) is 0 Å². The van der Waals surface area contributed by atoms with Gasteiger partial charge in [0, 0.05) is 23.1 Å². The normalized spacial score (nSPS) is 10.7. The van der Waals surface area contributed by atoms with E-state index in [0.717, 1.165) is 17.0 Å². The van der Waals surface area contributed by atoms with Crippen molar-refractivity contribution in [1.82, 2.24) is 4.98 Å². The van der Waals surface area contributed by atoms with Crippen molar-refractivity contribution in [3.63, 3.8) is 0 Å². The average Bonchev–Trinajstić information content (AvgIpc) is 2.49. The molecule has 19 heavy (non-hydrogen) atoms. The fourth-order valence-electron chi connectivity index (χ4n) is 2.14. The average molecular weight is 265 g/mol. The lowest BCUT2D eigenvalue weighted by Gasteiger charge is -2.05. The molecule has 2 aromatic carbocycles. The minimum atomic E-state index is 1.00.